The quantitative estimate of drug-likeness (QED) is 0.870. The summed E-state index contributed by atoms with van der Waals surface area (Å²) in [5.74, 6) is -0.776. The van der Waals surface area contributed by atoms with Crippen molar-refractivity contribution in [2.75, 3.05) is 5.32 Å². The molecule has 0 bridgehead atoms. The van der Waals surface area contributed by atoms with Crippen molar-refractivity contribution in [1.29, 1.82) is 5.26 Å². The van der Waals surface area contributed by atoms with Gasteiger partial charge in [-0.15, -0.1) is 0 Å². The van der Waals surface area contributed by atoms with Crippen LogP contribution in [-0.2, 0) is 17.1 Å². The van der Waals surface area contributed by atoms with Crippen molar-refractivity contribution in [3.05, 3.63) is 62.6 Å². The summed E-state index contributed by atoms with van der Waals surface area (Å²) in [4.78, 5) is 12.4. The Bertz CT molecular complexity index is 879. The fraction of sp³-hybridized carbons (Fsp3) is 0.125. The number of amides is 1. The Morgan fingerprint density at radius 3 is 2.70 bits per heavy atom. The van der Waals surface area contributed by atoms with Crippen molar-refractivity contribution in [1.82, 2.24) is 0 Å². The van der Waals surface area contributed by atoms with E-state index in [0.29, 0.717) is 0 Å². The first-order valence-corrected chi connectivity index (χ1v) is 7.30. The molecule has 1 heterocycles. The van der Waals surface area contributed by atoms with E-state index in [9.17, 15) is 14.3 Å². The molecule has 0 saturated heterocycles. The maximum atomic E-state index is 13.4. The van der Waals surface area contributed by atoms with Crippen LogP contribution >= 0.6 is 23.2 Å². The molecule has 1 amide bonds. The fourth-order valence-electron chi connectivity index (χ4n) is 2.76. The molecule has 2 N–H and O–H groups in total. The van der Waals surface area contributed by atoms with Gasteiger partial charge in [-0.1, -0.05) is 23.2 Å². The standard InChI is InChI=1S/C16H9Cl2FN2O2/c17-10-1-2-12(18)11(5-10)16(23)14-9(6-19)3-8(7-20)4-13(14)21-15(16)22/h1-5,23H,6H2,(H,21,22). The molecule has 2 aromatic carbocycles. The SMILES string of the molecule is N#Cc1cc(CF)c2c(c1)NC(=O)C2(O)c1cc(Cl)ccc1Cl. The number of aliphatic hydroxyl groups is 1. The van der Waals surface area contributed by atoms with Gasteiger partial charge in [-0.05, 0) is 35.9 Å². The van der Waals surface area contributed by atoms with Crippen LogP contribution in [0.25, 0.3) is 0 Å². The van der Waals surface area contributed by atoms with Gasteiger partial charge in [-0.2, -0.15) is 5.26 Å². The third-order valence-corrected chi connectivity index (χ3v) is 4.31. The van der Waals surface area contributed by atoms with Crippen LogP contribution in [0.4, 0.5) is 10.1 Å². The third-order valence-electron chi connectivity index (χ3n) is 3.75. The average molecular weight is 351 g/mol. The Balaban J connectivity index is 2.34. The van der Waals surface area contributed by atoms with Gasteiger partial charge in [0.25, 0.3) is 5.91 Å². The zero-order chi connectivity index (χ0) is 16.8. The lowest BCUT2D eigenvalue weighted by Crippen LogP contribution is -2.36. The highest BCUT2D eigenvalue weighted by Crippen LogP contribution is 2.46. The minimum atomic E-state index is -2.17. The molecule has 1 atom stereocenters. The number of nitrogens with one attached hydrogen (secondary N) is 1. The van der Waals surface area contributed by atoms with Crippen molar-refractivity contribution < 1.29 is 14.3 Å². The summed E-state index contributed by atoms with van der Waals surface area (Å²) >= 11 is 12.0. The smallest absolute Gasteiger partial charge is 0.265 e. The summed E-state index contributed by atoms with van der Waals surface area (Å²) in [5, 5.41) is 22.9. The molecule has 0 spiro atoms. The largest absolute Gasteiger partial charge is 0.372 e. The summed E-state index contributed by atoms with van der Waals surface area (Å²) in [6.45, 7) is -0.951. The molecule has 3 rings (SSSR count). The van der Waals surface area contributed by atoms with Gasteiger partial charge >= 0.3 is 0 Å². The van der Waals surface area contributed by atoms with Crippen molar-refractivity contribution in [2.45, 2.75) is 12.3 Å². The lowest BCUT2D eigenvalue weighted by molar-refractivity contribution is -0.129. The number of hydrogen-bond donors (Lipinski definition) is 2. The number of nitrogens with zero attached hydrogens (tertiary/aromatic N) is 1. The minimum Gasteiger partial charge on any atom is -0.372 e. The molecule has 0 aromatic heterocycles. The van der Waals surface area contributed by atoms with Crippen LogP contribution in [-0.4, -0.2) is 11.0 Å². The summed E-state index contributed by atoms with van der Waals surface area (Å²) in [6, 6.07) is 8.88. The van der Waals surface area contributed by atoms with Crippen LogP contribution in [0.5, 0.6) is 0 Å². The van der Waals surface area contributed by atoms with E-state index in [2.05, 4.69) is 5.32 Å². The van der Waals surface area contributed by atoms with E-state index in [1.807, 2.05) is 6.07 Å². The normalized spacial score (nSPS) is 19.2. The average Bonchev–Trinajstić information content (AvgIpc) is 2.80. The van der Waals surface area contributed by atoms with Crippen LogP contribution in [0.3, 0.4) is 0 Å². The molecule has 116 valence electrons. The van der Waals surface area contributed by atoms with Gasteiger partial charge < -0.3 is 10.4 Å². The molecule has 0 fully saturated rings. The highest BCUT2D eigenvalue weighted by Gasteiger charge is 2.49. The Kier molecular flexibility index (Phi) is 3.77. The van der Waals surface area contributed by atoms with Crippen molar-refractivity contribution in [2.24, 2.45) is 0 Å². The topological polar surface area (TPSA) is 73.1 Å². The molecular formula is C16H9Cl2FN2O2. The molecule has 1 unspecified atom stereocenters. The monoisotopic (exact) mass is 350 g/mol. The number of carbonyl (C=O) groups excluding carboxylic acids is 1. The number of alkyl halides is 1. The van der Waals surface area contributed by atoms with E-state index in [0.717, 1.165) is 0 Å². The molecule has 1 aliphatic heterocycles. The second-order valence-corrected chi connectivity index (χ2v) is 5.94. The molecule has 23 heavy (non-hydrogen) atoms. The van der Waals surface area contributed by atoms with E-state index in [1.165, 1.54) is 30.3 Å². The maximum Gasteiger partial charge on any atom is 0.265 e. The van der Waals surface area contributed by atoms with E-state index in [4.69, 9.17) is 28.5 Å². The van der Waals surface area contributed by atoms with Crippen LogP contribution < -0.4 is 5.32 Å². The molecule has 1 aliphatic rings. The van der Waals surface area contributed by atoms with E-state index < -0.39 is 18.2 Å². The number of hydrogen-bond acceptors (Lipinski definition) is 3. The van der Waals surface area contributed by atoms with Crippen LogP contribution in [0.2, 0.25) is 10.0 Å². The Morgan fingerprint density at radius 2 is 2.04 bits per heavy atom. The first-order chi connectivity index (χ1) is 10.9. The number of anilines is 1. The van der Waals surface area contributed by atoms with Gasteiger partial charge in [0.05, 0.1) is 11.6 Å². The molecule has 0 aliphatic carbocycles. The number of fused-ring (bicyclic) bond motifs is 1. The second-order valence-electron chi connectivity index (χ2n) is 5.09. The van der Waals surface area contributed by atoms with Crippen molar-refractivity contribution in [3.63, 3.8) is 0 Å². The van der Waals surface area contributed by atoms with Gasteiger partial charge in [0.15, 0.2) is 5.60 Å². The van der Waals surface area contributed by atoms with Gasteiger partial charge in [0, 0.05) is 26.9 Å². The fourth-order valence-corrected chi connectivity index (χ4v) is 3.18. The van der Waals surface area contributed by atoms with Gasteiger partial charge in [0.1, 0.15) is 6.67 Å². The van der Waals surface area contributed by atoms with E-state index in [-0.39, 0.29) is 38.0 Å². The second kappa shape index (κ2) is 5.50. The van der Waals surface area contributed by atoms with E-state index >= 15 is 0 Å². The number of carbonyl (C=O) groups is 1. The van der Waals surface area contributed by atoms with Crippen LogP contribution in [0, 0.1) is 11.3 Å². The van der Waals surface area contributed by atoms with Crippen molar-refractivity contribution >= 4 is 34.8 Å². The molecular weight excluding hydrogens is 342 g/mol. The summed E-state index contributed by atoms with van der Waals surface area (Å²) in [5.41, 5.74) is -1.67. The van der Waals surface area contributed by atoms with Crippen molar-refractivity contribution in [3.8, 4) is 6.07 Å². The van der Waals surface area contributed by atoms with Gasteiger partial charge in [-0.3, -0.25) is 4.79 Å². The summed E-state index contributed by atoms with van der Waals surface area (Å²) < 4.78 is 13.4. The lowest BCUT2D eigenvalue weighted by atomic mass is 9.84. The first-order valence-electron chi connectivity index (χ1n) is 6.54. The first kappa shape index (κ1) is 15.8. The maximum absolute atomic E-state index is 13.4. The number of benzene rings is 2. The molecule has 7 heteroatoms. The highest BCUT2D eigenvalue weighted by atomic mass is 35.5. The van der Waals surface area contributed by atoms with Gasteiger partial charge in [-0.25, -0.2) is 4.39 Å². The Morgan fingerprint density at radius 1 is 1.30 bits per heavy atom. The van der Waals surface area contributed by atoms with Gasteiger partial charge in [0.2, 0.25) is 0 Å². The minimum absolute atomic E-state index is 0.0379. The zero-order valence-corrected chi connectivity index (χ0v) is 13.0. The number of rotatable bonds is 2. The van der Waals surface area contributed by atoms with Crippen LogP contribution in [0.15, 0.2) is 30.3 Å². The predicted molar refractivity (Wildman–Crippen MR) is 84.1 cm³/mol. The molecule has 0 saturated carbocycles. The van der Waals surface area contributed by atoms with E-state index in [1.54, 1.807) is 0 Å². The summed E-state index contributed by atoms with van der Waals surface area (Å²) in [7, 11) is 0. The lowest BCUT2D eigenvalue weighted by Gasteiger charge is -2.24. The third kappa shape index (κ3) is 2.27. The number of halogens is 3. The highest BCUT2D eigenvalue weighted by molar-refractivity contribution is 6.34. The zero-order valence-electron chi connectivity index (χ0n) is 11.5. The molecule has 2 aromatic rings. The van der Waals surface area contributed by atoms with Crippen LogP contribution in [0.1, 0.15) is 22.3 Å². The Labute approximate surface area is 141 Å². The Hall–Kier alpha value is -2.13. The molecule has 4 nitrogen and oxygen atoms in total. The predicted octanol–water partition coefficient (Wildman–Crippen LogP) is 3.52. The molecule has 0 radical (unpaired) electrons. The number of nitriles is 1. The summed E-state index contributed by atoms with van der Waals surface area (Å²) in [6.07, 6.45) is 0.